The van der Waals surface area contributed by atoms with Crippen LogP contribution in [0.4, 0.5) is 0 Å². The van der Waals surface area contributed by atoms with E-state index in [0.29, 0.717) is 18.8 Å². The molecule has 0 aromatic rings. The van der Waals surface area contributed by atoms with Crippen LogP contribution in [-0.2, 0) is 14.4 Å². The molecule has 0 heterocycles. The number of amides is 2. The van der Waals surface area contributed by atoms with Crippen LogP contribution in [0, 0.1) is 5.92 Å². The van der Waals surface area contributed by atoms with E-state index in [1.807, 2.05) is 20.8 Å². The maximum Gasteiger partial charge on any atom is 0.244 e. The van der Waals surface area contributed by atoms with Crippen molar-refractivity contribution in [1.29, 1.82) is 0 Å². The van der Waals surface area contributed by atoms with Gasteiger partial charge < -0.3 is 5.32 Å². The second-order valence-electron chi connectivity index (χ2n) is 6.49. The van der Waals surface area contributed by atoms with Crippen LogP contribution in [0.2, 0.25) is 0 Å². The normalized spacial score (nSPS) is 13.1. The summed E-state index contributed by atoms with van der Waals surface area (Å²) in [6.45, 7) is 9.93. The molecule has 0 saturated heterocycles. The predicted molar refractivity (Wildman–Crippen MR) is 88.0 cm³/mol. The van der Waals surface area contributed by atoms with Crippen LogP contribution in [0.15, 0.2) is 0 Å². The lowest BCUT2D eigenvalue weighted by Gasteiger charge is -2.21. The summed E-state index contributed by atoms with van der Waals surface area (Å²) < 4.78 is 0. The SMILES string of the molecule is CNC(=O)CCSC(CC(=O)NOC(C)(C)C)CC(C)C. The van der Waals surface area contributed by atoms with Gasteiger partial charge in [-0.25, -0.2) is 5.48 Å². The van der Waals surface area contributed by atoms with Gasteiger partial charge in [0, 0.05) is 30.9 Å². The van der Waals surface area contributed by atoms with Crippen molar-refractivity contribution in [1.82, 2.24) is 10.8 Å². The molecule has 1 atom stereocenters. The van der Waals surface area contributed by atoms with E-state index in [2.05, 4.69) is 24.6 Å². The Balaban J connectivity index is 4.22. The van der Waals surface area contributed by atoms with Gasteiger partial charge in [-0.2, -0.15) is 11.8 Å². The van der Waals surface area contributed by atoms with Gasteiger partial charge in [-0.15, -0.1) is 0 Å². The van der Waals surface area contributed by atoms with E-state index >= 15 is 0 Å². The van der Waals surface area contributed by atoms with Crippen molar-refractivity contribution in [3.63, 3.8) is 0 Å². The average molecular weight is 318 g/mol. The Morgan fingerprint density at radius 3 is 2.29 bits per heavy atom. The molecule has 2 amide bonds. The Labute approximate surface area is 132 Å². The number of hydroxylamine groups is 1. The molecule has 0 radical (unpaired) electrons. The predicted octanol–water partition coefficient (Wildman–Crippen LogP) is 2.51. The zero-order valence-corrected chi connectivity index (χ0v) is 14.9. The molecule has 0 aliphatic carbocycles. The minimum Gasteiger partial charge on any atom is -0.359 e. The van der Waals surface area contributed by atoms with E-state index in [-0.39, 0.29) is 17.1 Å². The highest BCUT2D eigenvalue weighted by Crippen LogP contribution is 2.23. The fourth-order valence-corrected chi connectivity index (χ4v) is 3.06. The number of carbonyl (C=O) groups is 2. The summed E-state index contributed by atoms with van der Waals surface area (Å²) >= 11 is 1.68. The fraction of sp³-hybridized carbons (Fsp3) is 0.867. The third kappa shape index (κ3) is 12.7. The summed E-state index contributed by atoms with van der Waals surface area (Å²) in [5.41, 5.74) is 2.11. The highest BCUT2D eigenvalue weighted by molar-refractivity contribution is 7.99. The van der Waals surface area contributed by atoms with Gasteiger partial charge in [-0.3, -0.25) is 14.4 Å². The minimum atomic E-state index is -0.393. The first-order valence-corrected chi connectivity index (χ1v) is 8.48. The minimum absolute atomic E-state index is 0.0336. The second-order valence-corrected chi connectivity index (χ2v) is 7.90. The Morgan fingerprint density at radius 2 is 1.81 bits per heavy atom. The largest absolute Gasteiger partial charge is 0.359 e. The molecule has 2 N–H and O–H groups in total. The van der Waals surface area contributed by atoms with Crippen molar-refractivity contribution >= 4 is 23.6 Å². The van der Waals surface area contributed by atoms with Gasteiger partial charge in [0.05, 0.1) is 5.60 Å². The van der Waals surface area contributed by atoms with Crippen molar-refractivity contribution in [2.45, 2.75) is 64.7 Å². The quantitative estimate of drug-likeness (QED) is 0.641. The average Bonchev–Trinajstić information content (AvgIpc) is 2.34. The number of nitrogens with one attached hydrogen (secondary N) is 2. The molecule has 0 saturated carbocycles. The van der Waals surface area contributed by atoms with Crippen molar-refractivity contribution in [2.75, 3.05) is 12.8 Å². The molecule has 0 aliphatic heterocycles. The lowest BCUT2D eigenvalue weighted by atomic mass is 10.1. The lowest BCUT2D eigenvalue weighted by molar-refractivity contribution is -0.145. The standard InChI is InChI=1S/C15H30N2O3S/c1-11(2)9-12(21-8-7-13(18)16-6)10-14(19)17-20-15(3,4)5/h11-12H,7-10H2,1-6H3,(H,16,18)(H,17,19). The molecule has 0 spiro atoms. The lowest BCUT2D eigenvalue weighted by Crippen LogP contribution is -2.35. The van der Waals surface area contributed by atoms with Crippen LogP contribution < -0.4 is 10.8 Å². The van der Waals surface area contributed by atoms with Crippen molar-refractivity contribution in [2.24, 2.45) is 5.92 Å². The number of hydrogen-bond acceptors (Lipinski definition) is 4. The van der Waals surface area contributed by atoms with Crippen LogP contribution in [0.25, 0.3) is 0 Å². The summed E-state index contributed by atoms with van der Waals surface area (Å²) in [5.74, 6) is 1.16. The molecule has 0 rings (SSSR count). The van der Waals surface area contributed by atoms with E-state index in [4.69, 9.17) is 4.84 Å². The van der Waals surface area contributed by atoms with E-state index < -0.39 is 5.60 Å². The van der Waals surface area contributed by atoms with E-state index in [1.165, 1.54) is 0 Å². The molecule has 6 heteroatoms. The van der Waals surface area contributed by atoms with Crippen LogP contribution in [0.3, 0.4) is 0 Å². The zero-order chi connectivity index (χ0) is 16.5. The highest BCUT2D eigenvalue weighted by atomic mass is 32.2. The zero-order valence-electron chi connectivity index (χ0n) is 14.1. The molecule has 0 fully saturated rings. The summed E-state index contributed by atoms with van der Waals surface area (Å²) in [7, 11) is 1.63. The summed E-state index contributed by atoms with van der Waals surface area (Å²) in [4.78, 5) is 28.4. The highest BCUT2D eigenvalue weighted by Gasteiger charge is 2.18. The summed E-state index contributed by atoms with van der Waals surface area (Å²) in [6, 6.07) is 0. The number of carbonyl (C=O) groups excluding carboxylic acids is 2. The van der Waals surface area contributed by atoms with Gasteiger partial charge in [-0.05, 0) is 33.1 Å². The topological polar surface area (TPSA) is 67.4 Å². The molecule has 0 aromatic heterocycles. The summed E-state index contributed by atoms with van der Waals surface area (Å²) in [6.07, 6.45) is 1.84. The Hall–Kier alpha value is -0.750. The molecule has 0 aliphatic rings. The molecular weight excluding hydrogens is 288 g/mol. The molecule has 1 unspecified atom stereocenters. The first-order chi connectivity index (χ1) is 9.64. The van der Waals surface area contributed by atoms with Crippen LogP contribution in [0.1, 0.15) is 53.9 Å². The molecule has 0 aromatic carbocycles. The van der Waals surface area contributed by atoms with Crippen LogP contribution in [0.5, 0.6) is 0 Å². The summed E-state index contributed by atoms with van der Waals surface area (Å²) in [5, 5.41) is 2.81. The van der Waals surface area contributed by atoms with Crippen molar-refractivity contribution in [3.05, 3.63) is 0 Å². The first-order valence-electron chi connectivity index (χ1n) is 7.43. The second kappa shape index (κ2) is 10.1. The van der Waals surface area contributed by atoms with Crippen molar-refractivity contribution in [3.8, 4) is 0 Å². The molecular formula is C15H30N2O3S. The number of rotatable bonds is 9. The van der Waals surface area contributed by atoms with Gasteiger partial charge in [-0.1, -0.05) is 13.8 Å². The maximum absolute atomic E-state index is 11.9. The Bertz CT molecular complexity index is 327. The van der Waals surface area contributed by atoms with Gasteiger partial charge in [0.25, 0.3) is 0 Å². The van der Waals surface area contributed by atoms with Crippen LogP contribution in [-0.4, -0.2) is 35.5 Å². The number of hydrogen-bond donors (Lipinski definition) is 2. The van der Waals surface area contributed by atoms with E-state index in [1.54, 1.807) is 18.8 Å². The van der Waals surface area contributed by atoms with E-state index in [9.17, 15) is 9.59 Å². The first kappa shape index (κ1) is 20.2. The van der Waals surface area contributed by atoms with Crippen LogP contribution >= 0.6 is 11.8 Å². The Kier molecular flexibility index (Phi) is 9.70. The molecule has 0 bridgehead atoms. The van der Waals surface area contributed by atoms with Gasteiger partial charge >= 0.3 is 0 Å². The third-order valence-corrected chi connectivity index (χ3v) is 3.85. The molecule has 5 nitrogen and oxygen atoms in total. The van der Waals surface area contributed by atoms with Gasteiger partial charge in [0.15, 0.2) is 0 Å². The van der Waals surface area contributed by atoms with Gasteiger partial charge in [0.2, 0.25) is 11.8 Å². The fourth-order valence-electron chi connectivity index (χ4n) is 1.64. The maximum atomic E-state index is 11.9. The van der Waals surface area contributed by atoms with E-state index in [0.717, 1.165) is 12.2 Å². The van der Waals surface area contributed by atoms with Crippen molar-refractivity contribution < 1.29 is 14.4 Å². The Morgan fingerprint density at radius 1 is 1.19 bits per heavy atom. The van der Waals surface area contributed by atoms with Gasteiger partial charge in [0.1, 0.15) is 0 Å². The number of thioether (sulfide) groups is 1. The smallest absolute Gasteiger partial charge is 0.244 e. The monoisotopic (exact) mass is 318 g/mol. The molecule has 124 valence electrons. The third-order valence-electron chi connectivity index (χ3n) is 2.58. The molecule has 21 heavy (non-hydrogen) atoms.